The van der Waals surface area contributed by atoms with Gasteiger partial charge in [-0.05, 0) is 73.4 Å². The van der Waals surface area contributed by atoms with Crippen LogP contribution in [0.3, 0.4) is 0 Å². The highest BCUT2D eigenvalue weighted by molar-refractivity contribution is 5.94. The molecule has 0 aliphatic carbocycles. The molecule has 0 aliphatic heterocycles. The lowest BCUT2D eigenvalue weighted by molar-refractivity contribution is 0.0640. The molecule has 5 aromatic rings. The molecule has 1 atom stereocenters. The third kappa shape index (κ3) is 4.88. The molecule has 5 nitrogen and oxygen atoms in total. The van der Waals surface area contributed by atoms with E-state index in [0.29, 0.717) is 35.3 Å². The van der Waals surface area contributed by atoms with Gasteiger partial charge >= 0.3 is 0 Å². The molecule has 0 saturated carbocycles. The second-order valence-electron chi connectivity index (χ2n) is 9.60. The molecule has 5 rings (SSSR count). The topological polar surface area (TPSA) is 55.2 Å². The molecule has 0 aliphatic rings. The Morgan fingerprint density at radius 1 is 0.842 bits per heavy atom. The van der Waals surface area contributed by atoms with Crippen LogP contribution in [-0.2, 0) is 6.54 Å². The van der Waals surface area contributed by atoms with Crippen LogP contribution in [0.2, 0.25) is 0 Å². The molecule has 1 amide bonds. The van der Waals surface area contributed by atoms with Crippen LogP contribution in [0, 0.1) is 13.8 Å². The van der Waals surface area contributed by atoms with Crippen LogP contribution in [0.15, 0.2) is 108 Å². The first-order valence-corrected chi connectivity index (χ1v) is 13.0. The van der Waals surface area contributed by atoms with Gasteiger partial charge in [0.05, 0.1) is 22.6 Å². The molecule has 0 bridgehead atoms. The number of hydrogen-bond donors (Lipinski definition) is 0. The smallest absolute Gasteiger partial charge is 0.266 e. The van der Waals surface area contributed by atoms with Crippen LogP contribution < -0.4 is 5.56 Å². The summed E-state index contributed by atoms with van der Waals surface area (Å²) in [6.45, 7) is 6.52. The third-order valence-corrected chi connectivity index (χ3v) is 7.09. The molecule has 5 heteroatoms. The van der Waals surface area contributed by atoms with Crippen molar-refractivity contribution in [3.8, 4) is 5.69 Å². The van der Waals surface area contributed by atoms with Gasteiger partial charge in [-0.1, -0.05) is 73.7 Å². The molecule has 0 radical (unpaired) electrons. The van der Waals surface area contributed by atoms with E-state index < -0.39 is 6.04 Å². The summed E-state index contributed by atoms with van der Waals surface area (Å²) in [7, 11) is 0. The predicted octanol–water partition coefficient (Wildman–Crippen LogP) is 6.80. The van der Waals surface area contributed by atoms with E-state index in [-0.39, 0.29) is 11.5 Å². The average Bonchev–Trinajstić information content (AvgIpc) is 2.95. The van der Waals surface area contributed by atoms with Gasteiger partial charge in [0.15, 0.2) is 0 Å². The summed E-state index contributed by atoms with van der Waals surface area (Å²) < 4.78 is 1.69. The van der Waals surface area contributed by atoms with Crippen molar-refractivity contribution < 1.29 is 4.79 Å². The highest BCUT2D eigenvalue weighted by Crippen LogP contribution is 2.29. The minimum Gasteiger partial charge on any atom is -0.324 e. The largest absolute Gasteiger partial charge is 0.324 e. The van der Waals surface area contributed by atoms with Gasteiger partial charge < -0.3 is 4.90 Å². The lowest BCUT2D eigenvalue weighted by Gasteiger charge is -2.32. The number of aromatic nitrogens is 2. The van der Waals surface area contributed by atoms with Crippen LogP contribution in [-0.4, -0.2) is 20.4 Å². The number of nitrogens with zero attached hydrogens (tertiary/aromatic N) is 3. The highest BCUT2D eigenvalue weighted by atomic mass is 16.2. The van der Waals surface area contributed by atoms with Crippen molar-refractivity contribution in [1.82, 2.24) is 14.5 Å². The van der Waals surface area contributed by atoms with Gasteiger partial charge in [-0.3, -0.25) is 14.2 Å². The molecule has 190 valence electrons. The number of rotatable bonds is 7. The Labute approximate surface area is 223 Å². The van der Waals surface area contributed by atoms with Crippen LogP contribution in [0.4, 0.5) is 0 Å². The number of carbonyl (C=O) groups is 1. The Bertz CT molecular complexity index is 1640. The van der Waals surface area contributed by atoms with Gasteiger partial charge in [0.2, 0.25) is 0 Å². The van der Waals surface area contributed by atoms with Crippen LogP contribution in [0.5, 0.6) is 0 Å². The van der Waals surface area contributed by atoms with E-state index in [1.807, 2.05) is 122 Å². The number of hydrogen-bond acceptors (Lipinski definition) is 3. The van der Waals surface area contributed by atoms with E-state index >= 15 is 0 Å². The zero-order chi connectivity index (χ0) is 26.6. The quantitative estimate of drug-likeness (QED) is 0.247. The van der Waals surface area contributed by atoms with E-state index in [1.165, 1.54) is 0 Å². The Morgan fingerprint density at radius 2 is 1.50 bits per heavy atom. The zero-order valence-electron chi connectivity index (χ0n) is 22.0. The van der Waals surface area contributed by atoms with Gasteiger partial charge in [-0.25, -0.2) is 4.98 Å². The van der Waals surface area contributed by atoms with E-state index in [2.05, 4.69) is 6.92 Å². The fourth-order valence-electron chi connectivity index (χ4n) is 4.88. The van der Waals surface area contributed by atoms with Gasteiger partial charge in [-0.2, -0.15) is 0 Å². The summed E-state index contributed by atoms with van der Waals surface area (Å²) in [4.78, 5) is 34.9. The first-order valence-electron chi connectivity index (χ1n) is 13.0. The molecule has 0 spiro atoms. The number of benzene rings is 4. The van der Waals surface area contributed by atoms with Crippen molar-refractivity contribution in [3.05, 3.63) is 142 Å². The maximum Gasteiger partial charge on any atom is 0.266 e. The van der Waals surface area contributed by atoms with E-state index in [0.717, 1.165) is 22.4 Å². The lowest BCUT2D eigenvalue weighted by atomic mass is 10.1. The average molecular weight is 502 g/mol. The molecular formula is C33H31N3O2. The first-order chi connectivity index (χ1) is 18.5. The van der Waals surface area contributed by atoms with Crippen molar-refractivity contribution >= 4 is 16.8 Å². The minimum absolute atomic E-state index is 0.102. The molecule has 1 aromatic heterocycles. The fourth-order valence-corrected chi connectivity index (χ4v) is 4.88. The molecule has 38 heavy (non-hydrogen) atoms. The number of amides is 1. The molecule has 4 aromatic carbocycles. The molecule has 0 fully saturated rings. The summed E-state index contributed by atoms with van der Waals surface area (Å²) in [5.74, 6) is 0.454. The Hall–Kier alpha value is -4.51. The third-order valence-electron chi connectivity index (χ3n) is 7.09. The summed E-state index contributed by atoms with van der Waals surface area (Å²) in [5.41, 5.74) is 5.07. The lowest BCUT2D eigenvalue weighted by Crippen LogP contribution is -2.38. The van der Waals surface area contributed by atoms with Gasteiger partial charge in [0.25, 0.3) is 11.5 Å². The summed E-state index contributed by atoms with van der Waals surface area (Å²) in [6.07, 6.45) is 0.584. The maximum atomic E-state index is 14.0. The van der Waals surface area contributed by atoms with Crippen LogP contribution in [0.1, 0.15) is 52.3 Å². The normalized spacial score (nSPS) is 11.9. The van der Waals surface area contributed by atoms with Crippen molar-refractivity contribution in [2.24, 2.45) is 0 Å². The monoisotopic (exact) mass is 501 g/mol. The van der Waals surface area contributed by atoms with Crippen molar-refractivity contribution in [1.29, 1.82) is 0 Å². The molecule has 1 unspecified atom stereocenters. The summed E-state index contributed by atoms with van der Waals surface area (Å²) in [5, 5.41) is 0.549. The Kier molecular flexibility index (Phi) is 7.18. The van der Waals surface area contributed by atoms with E-state index in [9.17, 15) is 9.59 Å². The van der Waals surface area contributed by atoms with Crippen molar-refractivity contribution in [3.63, 3.8) is 0 Å². The van der Waals surface area contributed by atoms with Crippen molar-refractivity contribution in [2.75, 3.05) is 0 Å². The maximum absolute atomic E-state index is 14.0. The SMILES string of the molecule is CCC(c1nc2ccccc2c(=O)n1-c1ccc(C)c(C)c1)N(Cc1ccccc1)C(=O)c1ccccc1. The second-order valence-corrected chi connectivity index (χ2v) is 9.60. The number of para-hydroxylation sites is 1. The number of carbonyl (C=O) groups excluding carboxylic acids is 1. The Balaban J connectivity index is 1.75. The number of aryl methyl sites for hydroxylation is 2. The van der Waals surface area contributed by atoms with Gasteiger partial charge in [-0.15, -0.1) is 0 Å². The Morgan fingerprint density at radius 3 is 2.18 bits per heavy atom. The molecule has 1 heterocycles. The van der Waals surface area contributed by atoms with Crippen molar-refractivity contribution in [2.45, 2.75) is 39.8 Å². The molecule has 0 saturated heterocycles. The van der Waals surface area contributed by atoms with Crippen LogP contribution >= 0.6 is 0 Å². The first kappa shape index (κ1) is 25.2. The van der Waals surface area contributed by atoms with Gasteiger partial charge in [0.1, 0.15) is 5.82 Å². The van der Waals surface area contributed by atoms with Crippen LogP contribution in [0.25, 0.3) is 16.6 Å². The predicted molar refractivity (Wildman–Crippen MR) is 153 cm³/mol. The van der Waals surface area contributed by atoms with E-state index in [4.69, 9.17) is 4.98 Å². The molecular weight excluding hydrogens is 470 g/mol. The highest BCUT2D eigenvalue weighted by Gasteiger charge is 2.30. The minimum atomic E-state index is -0.443. The van der Waals surface area contributed by atoms with Gasteiger partial charge in [0, 0.05) is 12.1 Å². The van der Waals surface area contributed by atoms with E-state index in [1.54, 1.807) is 4.57 Å². The standard InChI is InChI=1S/C33H31N3O2/c1-4-30(35(22-25-13-7-5-8-14-25)32(37)26-15-9-6-10-16-26)31-34-29-18-12-11-17-28(29)33(38)36(31)27-20-19-23(2)24(3)21-27/h5-21,30H,4,22H2,1-3H3. The number of fused-ring (bicyclic) bond motifs is 1. The fraction of sp³-hybridized carbons (Fsp3) is 0.182. The summed E-state index contributed by atoms with van der Waals surface area (Å²) in [6, 6.07) is 32.2. The second kappa shape index (κ2) is 10.9. The zero-order valence-corrected chi connectivity index (χ0v) is 22.0. The summed E-state index contributed by atoms with van der Waals surface area (Å²) >= 11 is 0. The molecule has 0 N–H and O–H groups in total.